The van der Waals surface area contributed by atoms with Crippen molar-refractivity contribution in [3.63, 3.8) is 0 Å². The Morgan fingerprint density at radius 2 is 1.90 bits per heavy atom. The van der Waals surface area contributed by atoms with Crippen molar-refractivity contribution in [2.75, 3.05) is 4.90 Å². The molecule has 0 saturated carbocycles. The topological polar surface area (TPSA) is 99.2 Å². The number of carbonyl (C=O) groups excluding carboxylic acids is 1. The first kappa shape index (κ1) is 19.1. The van der Waals surface area contributed by atoms with Crippen molar-refractivity contribution in [1.82, 2.24) is 15.2 Å². The van der Waals surface area contributed by atoms with Crippen LogP contribution in [0, 0.1) is 5.82 Å². The molecule has 31 heavy (non-hydrogen) atoms. The summed E-state index contributed by atoms with van der Waals surface area (Å²) in [5, 5.41) is 18.0. The molecule has 2 aromatic carbocycles. The van der Waals surface area contributed by atoms with E-state index in [9.17, 15) is 19.1 Å². The van der Waals surface area contributed by atoms with Gasteiger partial charge in [-0.1, -0.05) is 18.2 Å². The van der Waals surface area contributed by atoms with Crippen LogP contribution in [0.4, 0.5) is 15.9 Å². The van der Waals surface area contributed by atoms with E-state index in [0.29, 0.717) is 34.6 Å². The number of fused-ring (bicyclic) bond motifs is 2. The number of aliphatic hydroxyl groups is 1. The number of amides is 1. The van der Waals surface area contributed by atoms with Gasteiger partial charge < -0.3 is 5.11 Å². The van der Waals surface area contributed by atoms with Crippen LogP contribution < -0.4 is 10.5 Å². The second-order valence-corrected chi connectivity index (χ2v) is 7.62. The molecular formula is C23H17FN4O3. The van der Waals surface area contributed by atoms with Crippen molar-refractivity contribution in [1.29, 1.82) is 0 Å². The number of para-hydroxylation sites is 1. The Labute approximate surface area is 175 Å². The quantitative estimate of drug-likeness (QED) is 0.535. The maximum absolute atomic E-state index is 13.6. The third-order valence-electron chi connectivity index (χ3n) is 5.53. The lowest BCUT2D eigenvalue weighted by molar-refractivity contribution is -0.133. The molecule has 1 aliphatic heterocycles. The third kappa shape index (κ3) is 3.00. The molecule has 1 atom stereocenters. The van der Waals surface area contributed by atoms with Gasteiger partial charge in [0.2, 0.25) is 0 Å². The zero-order valence-electron chi connectivity index (χ0n) is 16.5. The average molecular weight is 416 g/mol. The molecule has 1 unspecified atom stereocenters. The van der Waals surface area contributed by atoms with E-state index >= 15 is 0 Å². The van der Waals surface area contributed by atoms with Crippen LogP contribution in [0.5, 0.6) is 0 Å². The highest BCUT2D eigenvalue weighted by Gasteiger charge is 2.47. The number of halogens is 1. The third-order valence-corrected chi connectivity index (χ3v) is 5.53. The van der Waals surface area contributed by atoms with Crippen LogP contribution in [0.3, 0.4) is 0 Å². The minimum atomic E-state index is -1.64. The molecule has 0 spiro atoms. The summed E-state index contributed by atoms with van der Waals surface area (Å²) in [5.41, 5.74) is 0.330. The number of aromatic amines is 1. The van der Waals surface area contributed by atoms with Crippen LogP contribution in [0.15, 0.2) is 65.6 Å². The van der Waals surface area contributed by atoms with Gasteiger partial charge in [-0.05, 0) is 48.9 Å². The predicted molar refractivity (Wildman–Crippen MR) is 113 cm³/mol. The fourth-order valence-corrected chi connectivity index (χ4v) is 3.97. The lowest BCUT2D eigenvalue weighted by Crippen LogP contribution is -2.35. The lowest BCUT2D eigenvalue weighted by atomic mass is 9.98. The van der Waals surface area contributed by atoms with Crippen LogP contribution in [-0.4, -0.2) is 26.2 Å². The van der Waals surface area contributed by atoms with Crippen LogP contribution in [0.2, 0.25) is 0 Å². The van der Waals surface area contributed by atoms with Crippen molar-refractivity contribution in [2.45, 2.75) is 18.9 Å². The van der Waals surface area contributed by atoms with Crippen molar-refractivity contribution in [2.24, 2.45) is 0 Å². The smallest absolute Gasteiger partial charge is 0.272 e. The first-order valence-electron chi connectivity index (χ1n) is 9.64. The Bertz CT molecular complexity index is 1410. The van der Waals surface area contributed by atoms with E-state index in [4.69, 9.17) is 0 Å². The number of rotatable bonds is 3. The summed E-state index contributed by atoms with van der Waals surface area (Å²) >= 11 is 0. The van der Waals surface area contributed by atoms with Crippen LogP contribution in [-0.2, 0) is 16.8 Å². The van der Waals surface area contributed by atoms with E-state index in [1.807, 2.05) is 0 Å². The summed E-state index contributed by atoms with van der Waals surface area (Å²) in [5.74, 6) is -0.617. The number of pyridine rings is 1. The Morgan fingerprint density at radius 1 is 1.10 bits per heavy atom. The first-order chi connectivity index (χ1) is 14.9. The molecule has 154 valence electrons. The molecule has 0 bridgehead atoms. The van der Waals surface area contributed by atoms with E-state index in [0.717, 1.165) is 5.56 Å². The number of nitrogens with zero attached hydrogens (tertiary/aromatic N) is 3. The number of hydrogen-bond acceptors (Lipinski definition) is 5. The number of benzene rings is 2. The van der Waals surface area contributed by atoms with Crippen LogP contribution >= 0.6 is 0 Å². The van der Waals surface area contributed by atoms with Gasteiger partial charge in [-0.3, -0.25) is 14.5 Å². The minimum absolute atomic E-state index is 0.221. The van der Waals surface area contributed by atoms with Gasteiger partial charge in [0.15, 0.2) is 5.60 Å². The Morgan fingerprint density at radius 3 is 2.74 bits per heavy atom. The lowest BCUT2D eigenvalue weighted by Gasteiger charge is -2.19. The molecule has 0 fully saturated rings. The standard InChI is InChI=1S/C23H17FN4O3/c1-23(31)17-4-2-3-5-19(17)28(22(23)30)20-11-13(8-9-25-20)10-18-15-7-6-14(24)12-16(15)21(29)27-26-18/h2-9,11-12,31H,10H2,1H3,(H,27,29). The number of carbonyl (C=O) groups is 1. The van der Waals surface area contributed by atoms with Crippen LogP contribution in [0.25, 0.3) is 10.8 Å². The maximum atomic E-state index is 13.6. The number of anilines is 2. The van der Waals surface area contributed by atoms with Crippen molar-refractivity contribution in [3.8, 4) is 0 Å². The Kier molecular flexibility index (Phi) is 4.19. The van der Waals surface area contributed by atoms with E-state index in [1.165, 1.54) is 30.0 Å². The van der Waals surface area contributed by atoms with E-state index in [1.54, 1.807) is 42.6 Å². The molecule has 2 aromatic heterocycles. The van der Waals surface area contributed by atoms with Crippen LogP contribution in [0.1, 0.15) is 23.7 Å². The van der Waals surface area contributed by atoms with Gasteiger partial charge in [-0.2, -0.15) is 5.10 Å². The van der Waals surface area contributed by atoms with E-state index in [2.05, 4.69) is 15.2 Å². The first-order valence-corrected chi connectivity index (χ1v) is 9.64. The molecule has 5 rings (SSSR count). The van der Waals surface area contributed by atoms with Crippen molar-refractivity contribution < 1.29 is 14.3 Å². The SMILES string of the molecule is CC1(O)C(=O)N(c2cc(Cc3n[nH]c(=O)c4cc(F)ccc34)ccn2)c2ccccc21. The molecule has 4 aromatic rings. The molecular weight excluding hydrogens is 399 g/mol. The second kappa shape index (κ2) is 6.82. The van der Waals surface area contributed by atoms with Gasteiger partial charge in [0.25, 0.3) is 11.5 Å². The van der Waals surface area contributed by atoms with Gasteiger partial charge in [0.05, 0.1) is 16.8 Å². The molecule has 1 aliphatic rings. The zero-order chi connectivity index (χ0) is 21.8. The highest BCUT2D eigenvalue weighted by atomic mass is 19.1. The molecule has 1 amide bonds. The largest absolute Gasteiger partial charge is 0.375 e. The molecule has 0 saturated heterocycles. The van der Waals surface area contributed by atoms with Gasteiger partial charge in [0.1, 0.15) is 11.6 Å². The fourth-order valence-electron chi connectivity index (χ4n) is 3.97. The number of hydrogen-bond donors (Lipinski definition) is 2. The summed E-state index contributed by atoms with van der Waals surface area (Å²) in [6, 6.07) is 14.5. The Balaban J connectivity index is 1.56. The van der Waals surface area contributed by atoms with Crippen molar-refractivity contribution in [3.05, 3.63) is 93.8 Å². The van der Waals surface area contributed by atoms with E-state index in [-0.39, 0.29) is 5.39 Å². The number of nitrogens with one attached hydrogen (secondary N) is 1. The summed E-state index contributed by atoms with van der Waals surface area (Å²) < 4.78 is 13.6. The van der Waals surface area contributed by atoms with E-state index < -0.39 is 22.9 Å². The van der Waals surface area contributed by atoms with Crippen molar-refractivity contribution >= 4 is 28.2 Å². The molecule has 7 nitrogen and oxygen atoms in total. The Hall–Kier alpha value is -3.91. The highest BCUT2D eigenvalue weighted by molar-refractivity contribution is 6.11. The van der Waals surface area contributed by atoms with Gasteiger partial charge in [0, 0.05) is 23.6 Å². The predicted octanol–water partition coefficient (Wildman–Crippen LogP) is 2.93. The summed E-state index contributed by atoms with van der Waals surface area (Å²) in [6.45, 7) is 1.47. The number of H-pyrrole nitrogens is 1. The monoisotopic (exact) mass is 416 g/mol. The molecule has 0 radical (unpaired) electrons. The van der Waals surface area contributed by atoms with Gasteiger partial charge in [-0.25, -0.2) is 14.5 Å². The number of aromatic nitrogens is 3. The normalized spacial score (nSPS) is 17.9. The average Bonchev–Trinajstić information content (AvgIpc) is 2.96. The van der Waals surface area contributed by atoms with Gasteiger partial charge in [-0.15, -0.1) is 0 Å². The second-order valence-electron chi connectivity index (χ2n) is 7.62. The van der Waals surface area contributed by atoms with Gasteiger partial charge >= 0.3 is 0 Å². The summed E-state index contributed by atoms with van der Waals surface area (Å²) in [4.78, 5) is 30.7. The molecule has 8 heteroatoms. The highest BCUT2D eigenvalue weighted by Crippen LogP contribution is 2.43. The molecule has 3 heterocycles. The summed E-state index contributed by atoms with van der Waals surface area (Å²) in [6.07, 6.45) is 1.90. The molecule has 2 N–H and O–H groups in total. The molecule has 0 aliphatic carbocycles. The fraction of sp³-hybridized carbons (Fsp3) is 0.130. The zero-order valence-corrected chi connectivity index (χ0v) is 16.5. The minimum Gasteiger partial charge on any atom is -0.375 e. The maximum Gasteiger partial charge on any atom is 0.272 e. The summed E-state index contributed by atoms with van der Waals surface area (Å²) in [7, 11) is 0.